The highest BCUT2D eigenvalue weighted by atomic mass is 15.0. The van der Waals surface area contributed by atoms with Crippen molar-refractivity contribution < 1.29 is 0 Å². The van der Waals surface area contributed by atoms with E-state index in [9.17, 15) is 0 Å². The predicted molar refractivity (Wildman–Crippen MR) is 82.6 cm³/mol. The van der Waals surface area contributed by atoms with Gasteiger partial charge in [0.05, 0.1) is 0 Å². The number of unbranched alkanes of at least 4 members (excludes halogenated alkanes) is 2. The second-order valence-electron chi connectivity index (χ2n) is 5.20. The van der Waals surface area contributed by atoms with Gasteiger partial charge in [0.25, 0.3) is 0 Å². The fourth-order valence-corrected chi connectivity index (χ4v) is 2.61. The van der Waals surface area contributed by atoms with Gasteiger partial charge in [-0.15, -0.1) is 0 Å². The minimum Gasteiger partial charge on any atom is -0.344 e. The van der Waals surface area contributed by atoms with Crippen LogP contribution in [0.5, 0.6) is 0 Å². The monoisotopic (exact) mass is 255 g/mol. The Morgan fingerprint density at radius 2 is 1.58 bits per heavy atom. The Hall–Kier alpha value is -1.50. The van der Waals surface area contributed by atoms with Crippen molar-refractivity contribution in [3.05, 3.63) is 59.4 Å². The molecular weight excluding hydrogens is 230 g/mol. The first-order chi connectivity index (χ1) is 9.35. The van der Waals surface area contributed by atoms with E-state index in [2.05, 4.69) is 60.9 Å². The van der Waals surface area contributed by atoms with Gasteiger partial charge in [-0.3, -0.25) is 0 Å². The first-order valence-electron chi connectivity index (χ1n) is 7.56. The molecule has 1 heterocycles. The summed E-state index contributed by atoms with van der Waals surface area (Å²) in [6.07, 6.45) is 6.25. The van der Waals surface area contributed by atoms with Crippen LogP contribution in [0.1, 0.15) is 50.1 Å². The van der Waals surface area contributed by atoms with Gasteiger partial charge >= 0.3 is 0 Å². The molecule has 0 bridgehead atoms. The van der Waals surface area contributed by atoms with Gasteiger partial charge in [0.15, 0.2) is 0 Å². The molecular formula is C18H25N. The maximum Gasteiger partial charge on any atom is 0.0475 e. The van der Waals surface area contributed by atoms with Gasteiger partial charge in [0, 0.05) is 17.9 Å². The molecule has 2 rings (SSSR count). The standard InChI is InChI=1S/C18H25N/c1-3-5-7-12-18-14-13-17(4-2)19(18)15-16-10-8-6-9-11-16/h6,8-11,13-14H,3-5,7,12,15H2,1-2H3. The third-order valence-corrected chi connectivity index (χ3v) is 3.74. The lowest BCUT2D eigenvalue weighted by Crippen LogP contribution is -2.07. The van der Waals surface area contributed by atoms with E-state index in [1.54, 1.807) is 0 Å². The average Bonchev–Trinajstić information content (AvgIpc) is 2.83. The van der Waals surface area contributed by atoms with Crippen molar-refractivity contribution in [1.82, 2.24) is 4.57 Å². The van der Waals surface area contributed by atoms with E-state index in [-0.39, 0.29) is 0 Å². The molecule has 1 heteroatoms. The van der Waals surface area contributed by atoms with E-state index < -0.39 is 0 Å². The van der Waals surface area contributed by atoms with Crippen LogP contribution in [0.25, 0.3) is 0 Å². The van der Waals surface area contributed by atoms with E-state index in [4.69, 9.17) is 0 Å². The number of nitrogens with zero attached hydrogens (tertiary/aromatic N) is 1. The van der Waals surface area contributed by atoms with E-state index in [1.807, 2.05) is 0 Å². The summed E-state index contributed by atoms with van der Waals surface area (Å²) in [5.41, 5.74) is 4.34. The number of aromatic nitrogens is 1. The number of hydrogen-bond donors (Lipinski definition) is 0. The summed E-state index contributed by atoms with van der Waals surface area (Å²) in [4.78, 5) is 0. The van der Waals surface area contributed by atoms with Gasteiger partial charge in [-0.05, 0) is 37.0 Å². The maximum absolute atomic E-state index is 2.50. The number of aryl methyl sites for hydroxylation is 2. The van der Waals surface area contributed by atoms with Crippen LogP contribution >= 0.6 is 0 Å². The zero-order valence-electron chi connectivity index (χ0n) is 12.2. The van der Waals surface area contributed by atoms with Crippen molar-refractivity contribution in [3.63, 3.8) is 0 Å². The minimum absolute atomic E-state index is 1.01. The molecule has 0 saturated carbocycles. The van der Waals surface area contributed by atoms with Crippen molar-refractivity contribution >= 4 is 0 Å². The number of hydrogen-bond acceptors (Lipinski definition) is 0. The highest BCUT2D eigenvalue weighted by Gasteiger charge is 2.07. The fourth-order valence-electron chi connectivity index (χ4n) is 2.61. The molecule has 0 aliphatic carbocycles. The summed E-state index contributed by atoms with van der Waals surface area (Å²) in [7, 11) is 0. The highest BCUT2D eigenvalue weighted by molar-refractivity contribution is 5.22. The molecule has 0 radical (unpaired) electrons. The molecule has 0 unspecified atom stereocenters. The lowest BCUT2D eigenvalue weighted by atomic mass is 10.1. The molecule has 0 aliphatic heterocycles. The molecule has 0 fully saturated rings. The third-order valence-electron chi connectivity index (χ3n) is 3.74. The zero-order valence-corrected chi connectivity index (χ0v) is 12.2. The van der Waals surface area contributed by atoms with Crippen LogP contribution < -0.4 is 0 Å². The molecule has 2 aromatic rings. The SMILES string of the molecule is CCCCCc1ccc(CC)n1Cc1ccccc1. The molecule has 1 aromatic heterocycles. The van der Waals surface area contributed by atoms with Crippen LogP contribution in [0.3, 0.4) is 0 Å². The lowest BCUT2D eigenvalue weighted by Gasteiger charge is -2.13. The van der Waals surface area contributed by atoms with Crippen molar-refractivity contribution in [2.75, 3.05) is 0 Å². The Balaban J connectivity index is 2.14. The third kappa shape index (κ3) is 3.73. The molecule has 19 heavy (non-hydrogen) atoms. The van der Waals surface area contributed by atoms with Crippen LogP contribution in [0.4, 0.5) is 0 Å². The smallest absolute Gasteiger partial charge is 0.0475 e. The quantitative estimate of drug-likeness (QED) is 0.624. The minimum atomic E-state index is 1.01. The fraction of sp³-hybridized carbons (Fsp3) is 0.444. The van der Waals surface area contributed by atoms with Gasteiger partial charge in [0.2, 0.25) is 0 Å². The second kappa shape index (κ2) is 7.18. The van der Waals surface area contributed by atoms with Crippen LogP contribution in [0, 0.1) is 0 Å². The maximum atomic E-state index is 2.50. The number of benzene rings is 1. The van der Waals surface area contributed by atoms with E-state index in [0.717, 1.165) is 13.0 Å². The predicted octanol–water partition coefficient (Wildman–Crippen LogP) is 4.83. The topological polar surface area (TPSA) is 4.93 Å². The van der Waals surface area contributed by atoms with Crippen LogP contribution in [0.2, 0.25) is 0 Å². The molecule has 1 nitrogen and oxygen atoms in total. The molecule has 102 valence electrons. The van der Waals surface area contributed by atoms with E-state index >= 15 is 0 Å². The van der Waals surface area contributed by atoms with E-state index in [0.29, 0.717) is 0 Å². The van der Waals surface area contributed by atoms with Gasteiger partial charge in [-0.2, -0.15) is 0 Å². The first-order valence-corrected chi connectivity index (χ1v) is 7.56. The average molecular weight is 255 g/mol. The van der Waals surface area contributed by atoms with Gasteiger partial charge in [-0.25, -0.2) is 0 Å². The molecule has 0 aliphatic rings. The Morgan fingerprint density at radius 3 is 2.26 bits per heavy atom. The Morgan fingerprint density at radius 1 is 0.842 bits per heavy atom. The van der Waals surface area contributed by atoms with Crippen molar-refractivity contribution in [3.8, 4) is 0 Å². The van der Waals surface area contributed by atoms with Crippen molar-refractivity contribution in [1.29, 1.82) is 0 Å². The first kappa shape index (κ1) is 13.9. The zero-order chi connectivity index (χ0) is 13.5. The molecule has 0 amide bonds. The van der Waals surface area contributed by atoms with Crippen molar-refractivity contribution in [2.24, 2.45) is 0 Å². The van der Waals surface area contributed by atoms with Gasteiger partial charge < -0.3 is 4.57 Å². The van der Waals surface area contributed by atoms with E-state index in [1.165, 1.54) is 42.6 Å². The summed E-state index contributed by atoms with van der Waals surface area (Å²) in [6.45, 7) is 5.52. The molecule has 0 N–H and O–H groups in total. The summed E-state index contributed by atoms with van der Waals surface area (Å²) in [5.74, 6) is 0. The molecule has 0 spiro atoms. The largest absolute Gasteiger partial charge is 0.344 e. The van der Waals surface area contributed by atoms with Crippen LogP contribution in [0.15, 0.2) is 42.5 Å². The summed E-state index contributed by atoms with van der Waals surface area (Å²) >= 11 is 0. The summed E-state index contributed by atoms with van der Waals surface area (Å²) < 4.78 is 2.50. The molecule has 1 aromatic carbocycles. The normalized spacial score (nSPS) is 10.8. The van der Waals surface area contributed by atoms with Crippen LogP contribution in [-0.4, -0.2) is 4.57 Å². The second-order valence-corrected chi connectivity index (χ2v) is 5.20. The lowest BCUT2D eigenvalue weighted by molar-refractivity contribution is 0.651. The highest BCUT2D eigenvalue weighted by Crippen LogP contribution is 2.16. The van der Waals surface area contributed by atoms with Crippen molar-refractivity contribution in [2.45, 2.75) is 52.5 Å². The number of rotatable bonds is 7. The van der Waals surface area contributed by atoms with Gasteiger partial charge in [0.1, 0.15) is 0 Å². The molecule has 0 atom stereocenters. The summed E-state index contributed by atoms with van der Waals surface area (Å²) in [6, 6.07) is 15.4. The summed E-state index contributed by atoms with van der Waals surface area (Å²) in [5, 5.41) is 0. The Labute approximate surface area is 117 Å². The Bertz CT molecular complexity index is 482. The molecule has 0 saturated heterocycles. The van der Waals surface area contributed by atoms with Crippen LogP contribution in [-0.2, 0) is 19.4 Å². The Kier molecular flexibility index (Phi) is 5.26. The van der Waals surface area contributed by atoms with Gasteiger partial charge in [-0.1, -0.05) is 57.0 Å².